The number of amides is 1. The summed E-state index contributed by atoms with van der Waals surface area (Å²) in [6.07, 6.45) is 2.03. The van der Waals surface area contributed by atoms with E-state index < -0.39 is 6.09 Å². The number of carboxylic acid groups (broad SMARTS) is 1. The molecule has 1 N–H and O–H groups in total. The molecule has 22 heavy (non-hydrogen) atoms. The van der Waals surface area contributed by atoms with E-state index in [-0.39, 0.29) is 17.2 Å². The fourth-order valence-corrected chi connectivity index (χ4v) is 3.85. The maximum absolute atomic E-state index is 12.7. The van der Waals surface area contributed by atoms with Gasteiger partial charge in [0, 0.05) is 31.1 Å². The largest absolute Gasteiger partial charge is 0.465 e. The smallest absolute Gasteiger partial charge is 0.407 e. The van der Waals surface area contributed by atoms with Crippen LogP contribution in [0.1, 0.15) is 60.9 Å². The third-order valence-electron chi connectivity index (χ3n) is 5.14. The summed E-state index contributed by atoms with van der Waals surface area (Å²) in [4.78, 5) is 25.2. The Kier molecular flexibility index (Phi) is 3.50. The Morgan fingerprint density at radius 2 is 1.91 bits per heavy atom. The molecule has 0 atom stereocenters. The van der Waals surface area contributed by atoms with Crippen molar-refractivity contribution in [2.24, 2.45) is 5.41 Å². The molecule has 1 spiro atoms. The molecule has 0 aromatic carbocycles. The molecule has 1 aromatic rings. The standard InChI is InChI=1S/C16H23N3O3/c1-10(2)19-14-12(11(3)17-19)8-16(9-13(14)20)4-6-18(7-5-16)15(21)22/h10H,4-9H2,1-3H3,(H,21,22). The van der Waals surface area contributed by atoms with Gasteiger partial charge in [-0.15, -0.1) is 0 Å². The van der Waals surface area contributed by atoms with Crippen molar-refractivity contribution in [2.75, 3.05) is 13.1 Å². The van der Waals surface area contributed by atoms with Crippen LogP contribution in [-0.4, -0.2) is 44.8 Å². The Hall–Kier alpha value is -1.85. The lowest BCUT2D eigenvalue weighted by Crippen LogP contribution is -2.46. The number of Topliss-reactive ketones (excluding diaryl/α,β-unsaturated/α-hetero) is 1. The fraction of sp³-hybridized carbons (Fsp3) is 0.688. The number of aryl methyl sites for hydroxylation is 1. The maximum atomic E-state index is 12.7. The minimum Gasteiger partial charge on any atom is -0.465 e. The monoisotopic (exact) mass is 305 g/mol. The summed E-state index contributed by atoms with van der Waals surface area (Å²) in [5.41, 5.74) is 2.72. The van der Waals surface area contributed by atoms with E-state index in [1.807, 2.05) is 25.5 Å². The molecule has 1 fully saturated rings. The van der Waals surface area contributed by atoms with Crippen molar-refractivity contribution in [3.8, 4) is 0 Å². The molecule has 120 valence electrons. The third-order valence-corrected chi connectivity index (χ3v) is 5.14. The van der Waals surface area contributed by atoms with E-state index in [1.54, 1.807) is 0 Å². The number of likely N-dealkylation sites (tertiary alicyclic amines) is 1. The SMILES string of the molecule is Cc1nn(C(C)C)c2c1CC1(CCN(C(=O)O)CC1)CC2=O. The van der Waals surface area contributed by atoms with Crippen LogP contribution in [0.2, 0.25) is 0 Å². The summed E-state index contributed by atoms with van der Waals surface area (Å²) in [5.74, 6) is 0.166. The van der Waals surface area contributed by atoms with Gasteiger partial charge in [0.2, 0.25) is 0 Å². The first-order chi connectivity index (χ1) is 10.3. The van der Waals surface area contributed by atoms with Crippen LogP contribution in [0, 0.1) is 12.3 Å². The fourth-order valence-electron chi connectivity index (χ4n) is 3.85. The van der Waals surface area contributed by atoms with Gasteiger partial charge in [0.05, 0.1) is 5.69 Å². The highest BCUT2D eigenvalue weighted by atomic mass is 16.4. The second kappa shape index (κ2) is 5.11. The number of fused-ring (bicyclic) bond motifs is 1. The number of hydrogen-bond donors (Lipinski definition) is 1. The molecular formula is C16H23N3O3. The van der Waals surface area contributed by atoms with Crippen LogP contribution < -0.4 is 0 Å². The Morgan fingerprint density at radius 3 is 2.45 bits per heavy atom. The first kappa shape index (κ1) is 15.1. The van der Waals surface area contributed by atoms with E-state index in [0.717, 1.165) is 36.2 Å². The first-order valence-corrected chi connectivity index (χ1v) is 7.92. The summed E-state index contributed by atoms with van der Waals surface area (Å²) in [7, 11) is 0. The highest BCUT2D eigenvalue weighted by Gasteiger charge is 2.44. The average molecular weight is 305 g/mol. The van der Waals surface area contributed by atoms with Crippen molar-refractivity contribution in [2.45, 2.75) is 52.5 Å². The zero-order chi connectivity index (χ0) is 16.1. The molecule has 0 radical (unpaired) electrons. The van der Waals surface area contributed by atoms with Crippen LogP contribution in [-0.2, 0) is 6.42 Å². The summed E-state index contributed by atoms with van der Waals surface area (Å²) in [6.45, 7) is 7.09. The molecule has 0 bridgehead atoms. The van der Waals surface area contributed by atoms with Crippen LogP contribution in [0.25, 0.3) is 0 Å². The first-order valence-electron chi connectivity index (χ1n) is 7.92. The number of rotatable bonds is 1. The normalized spacial score (nSPS) is 20.5. The van der Waals surface area contributed by atoms with Gasteiger partial charge in [-0.25, -0.2) is 4.79 Å². The Bertz CT molecular complexity index is 625. The number of nitrogens with zero attached hydrogens (tertiary/aromatic N) is 3. The van der Waals surface area contributed by atoms with Crippen molar-refractivity contribution in [1.29, 1.82) is 0 Å². The molecule has 2 heterocycles. The zero-order valence-electron chi connectivity index (χ0n) is 13.4. The lowest BCUT2D eigenvalue weighted by molar-refractivity contribution is 0.0654. The number of hydrogen-bond acceptors (Lipinski definition) is 3. The topological polar surface area (TPSA) is 75.4 Å². The predicted molar refractivity (Wildman–Crippen MR) is 81.3 cm³/mol. The van der Waals surface area contributed by atoms with Gasteiger partial charge in [-0.1, -0.05) is 0 Å². The van der Waals surface area contributed by atoms with E-state index in [1.165, 1.54) is 4.90 Å². The van der Waals surface area contributed by atoms with Crippen molar-refractivity contribution < 1.29 is 14.7 Å². The van der Waals surface area contributed by atoms with Gasteiger partial charge in [-0.2, -0.15) is 5.10 Å². The third kappa shape index (κ3) is 2.30. The van der Waals surface area contributed by atoms with Gasteiger partial charge >= 0.3 is 6.09 Å². The summed E-state index contributed by atoms with van der Waals surface area (Å²) < 4.78 is 1.85. The van der Waals surface area contributed by atoms with Gasteiger partial charge in [-0.3, -0.25) is 9.48 Å². The second-order valence-corrected chi connectivity index (χ2v) is 7.00. The average Bonchev–Trinajstić information content (AvgIpc) is 2.77. The van der Waals surface area contributed by atoms with Crippen LogP contribution in [0.5, 0.6) is 0 Å². The van der Waals surface area contributed by atoms with E-state index >= 15 is 0 Å². The summed E-state index contributed by atoms with van der Waals surface area (Å²) in [6, 6.07) is 0.175. The highest BCUT2D eigenvalue weighted by Crippen LogP contribution is 2.44. The van der Waals surface area contributed by atoms with Gasteiger partial charge in [0.15, 0.2) is 5.78 Å². The van der Waals surface area contributed by atoms with Crippen LogP contribution in [0.3, 0.4) is 0 Å². The molecule has 1 saturated heterocycles. The minimum absolute atomic E-state index is 0.0777. The maximum Gasteiger partial charge on any atom is 0.407 e. The second-order valence-electron chi connectivity index (χ2n) is 7.00. The molecule has 1 amide bonds. The minimum atomic E-state index is -0.860. The van der Waals surface area contributed by atoms with Crippen LogP contribution >= 0.6 is 0 Å². The van der Waals surface area contributed by atoms with E-state index in [2.05, 4.69) is 5.10 Å². The van der Waals surface area contributed by atoms with Crippen LogP contribution in [0.4, 0.5) is 4.79 Å². The zero-order valence-corrected chi connectivity index (χ0v) is 13.4. The summed E-state index contributed by atoms with van der Waals surface area (Å²) >= 11 is 0. The summed E-state index contributed by atoms with van der Waals surface area (Å²) in [5, 5.41) is 13.6. The Balaban J connectivity index is 1.89. The lowest BCUT2D eigenvalue weighted by Gasteiger charge is -2.42. The number of aromatic nitrogens is 2. The van der Waals surface area contributed by atoms with Crippen molar-refractivity contribution in [3.63, 3.8) is 0 Å². The number of carbonyl (C=O) groups excluding carboxylic acids is 1. The molecule has 1 aliphatic carbocycles. The predicted octanol–water partition coefficient (Wildman–Crippen LogP) is 2.66. The molecular weight excluding hydrogens is 282 g/mol. The number of carbonyl (C=O) groups is 2. The van der Waals surface area contributed by atoms with Gasteiger partial charge < -0.3 is 10.0 Å². The molecule has 6 heteroatoms. The van der Waals surface area contributed by atoms with Crippen molar-refractivity contribution >= 4 is 11.9 Å². The van der Waals surface area contributed by atoms with Crippen molar-refractivity contribution in [1.82, 2.24) is 14.7 Å². The van der Waals surface area contributed by atoms with Gasteiger partial charge in [-0.05, 0) is 45.4 Å². The molecule has 1 aromatic heterocycles. The van der Waals surface area contributed by atoms with Gasteiger partial charge in [0.25, 0.3) is 0 Å². The highest BCUT2D eigenvalue weighted by molar-refractivity contribution is 5.98. The van der Waals surface area contributed by atoms with Gasteiger partial charge in [0.1, 0.15) is 5.69 Å². The molecule has 0 saturated carbocycles. The quantitative estimate of drug-likeness (QED) is 0.865. The lowest BCUT2D eigenvalue weighted by atomic mass is 9.66. The van der Waals surface area contributed by atoms with E-state index in [9.17, 15) is 9.59 Å². The molecule has 3 rings (SSSR count). The Labute approximate surface area is 130 Å². The van der Waals surface area contributed by atoms with E-state index in [0.29, 0.717) is 19.5 Å². The molecule has 6 nitrogen and oxygen atoms in total. The Morgan fingerprint density at radius 1 is 1.27 bits per heavy atom. The van der Waals surface area contributed by atoms with Crippen molar-refractivity contribution in [3.05, 3.63) is 17.0 Å². The molecule has 0 unspecified atom stereocenters. The van der Waals surface area contributed by atoms with Crippen LogP contribution in [0.15, 0.2) is 0 Å². The van der Waals surface area contributed by atoms with E-state index in [4.69, 9.17) is 5.11 Å². The molecule has 1 aliphatic heterocycles. The molecule has 2 aliphatic rings. The number of ketones is 1. The number of piperidine rings is 1.